The molecular formula is C18H14O3. The number of fused-ring (bicyclic) bond motifs is 2. The van der Waals surface area contributed by atoms with Crippen LogP contribution in [0.1, 0.15) is 32.6 Å². The molecule has 0 heterocycles. The summed E-state index contributed by atoms with van der Waals surface area (Å²) >= 11 is 0. The smallest absolute Gasteiger partial charge is 0.328 e. The zero-order valence-corrected chi connectivity index (χ0v) is 11.4. The van der Waals surface area contributed by atoms with Gasteiger partial charge in [0.05, 0.1) is 0 Å². The van der Waals surface area contributed by atoms with E-state index in [9.17, 15) is 9.59 Å². The molecule has 1 N–H and O–H groups in total. The first-order chi connectivity index (χ1) is 10.1. The summed E-state index contributed by atoms with van der Waals surface area (Å²) in [5.74, 6) is -0.981. The van der Waals surface area contributed by atoms with Crippen LogP contribution in [-0.4, -0.2) is 16.9 Å². The minimum absolute atomic E-state index is 0.0173. The van der Waals surface area contributed by atoms with Gasteiger partial charge in [0, 0.05) is 17.2 Å². The van der Waals surface area contributed by atoms with Crippen molar-refractivity contribution in [3.63, 3.8) is 0 Å². The maximum atomic E-state index is 12.7. The minimum Gasteiger partial charge on any atom is -0.478 e. The molecule has 0 saturated carbocycles. The molecule has 0 amide bonds. The third-order valence-corrected chi connectivity index (χ3v) is 3.72. The molecule has 0 bridgehead atoms. The number of hydrogen-bond donors (Lipinski definition) is 1. The number of ketones is 1. The molecule has 3 heteroatoms. The zero-order valence-electron chi connectivity index (χ0n) is 11.4. The number of carbonyl (C=O) groups is 2. The van der Waals surface area contributed by atoms with E-state index in [-0.39, 0.29) is 5.78 Å². The number of rotatable bonds is 2. The van der Waals surface area contributed by atoms with Crippen molar-refractivity contribution in [1.29, 1.82) is 0 Å². The lowest BCUT2D eigenvalue weighted by Crippen LogP contribution is -2.04. The second-order valence-electron chi connectivity index (χ2n) is 5.07. The highest BCUT2D eigenvalue weighted by atomic mass is 16.4. The second-order valence-corrected chi connectivity index (χ2v) is 5.07. The second kappa shape index (κ2) is 5.37. The van der Waals surface area contributed by atoms with E-state index in [1.54, 1.807) is 6.07 Å². The molecule has 21 heavy (non-hydrogen) atoms. The Morgan fingerprint density at radius 1 is 1.00 bits per heavy atom. The Morgan fingerprint density at radius 2 is 1.71 bits per heavy atom. The van der Waals surface area contributed by atoms with Crippen molar-refractivity contribution in [3.8, 4) is 0 Å². The van der Waals surface area contributed by atoms with Gasteiger partial charge in [-0.05, 0) is 41.7 Å². The van der Waals surface area contributed by atoms with Crippen molar-refractivity contribution in [1.82, 2.24) is 0 Å². The highest BCUT2D eigenvalue weighted by molar-refractivity contribution is 6.11. The van der Waals surface area contributed by atoms with E-state index in [2.05, 4.69) is 0 Å². The lowest BCUT2D eigenvalue weighted by molar-refractivity contribution is -0.131. The Hall–Kier alpha value is -2.68. The largest absolute Gasteiger partial charge is 0.478 e. The van der Waals surface area contributed by atoms with E-state index in [0.29, 0.717) is 5.56 Å². The third-order valence-electron chi connectivity index (χ3n) is 3.72. The van der Waals surface area contributed by atoms with Gasteiger partial charge in [0.2, 0.25) is 0 Å². The number of carboxylic acid groups (broad SMARTS) is 1. The SMILES string of the molecule is O=C(O)/C=C/c1ccc2c(c1)C(=O)c1ccccc1CC2. The van der Waals surface area contributed by atoms with Gasteiger partial charge in [0.15, 0.2) is 5.78 Å². The number of carbonyl (C=O) groups excluding carboxylic acids is 1. The van der Waals surface area contributed by atoms with E-state index in [1.807, 2.05) is 36.4 Å². The predicted octanol–water partition coefficient (Wildman–Crippen LogP) is 3.11. The predicted molar refractivity (Wildman–Crippen MR) is 80.4 cm³/mol. The fraction of sp³-hybridized carbons (Fsp3) is 0.111. The van der Waals surface area contributed by atoms with Crippen LogP contribution in [0.25, 0.3) is 6.08 Å². The van der Waals surface area contributed by atoms with Crippen LogP contribution >= 0.6 is 0 Å². The number of hydrogen-bond acceptors (Lipinski definition) is 2. The van der Waals surface area contributed by atoms with Gasteiger partial charge >= 0.3 is 5.97 Å². The van der Waals surface area contributed by atoms with E-state index in [0.717, 1.165) is 41.2 Å². The molecule has 3 rings (SSSR count). The standard InChI is InChI=1S/C18H14O3/c19-17(20)10-6-12-5-7-14-9-8-13-3-1-2-4-15(13)18(21)16(14)11-12/h1-7,10-11H,8-9H2,(H,19,20)/b10-6+. The molecule has 0 atom stereocenters. The molecule has 0 aromatic heterocycles. The summed E-state index contributed by atoms with van der Waals surface area (Å²) in [4.78, 5) is 23.3. The molecule has 0 aliphatic heterocycles. The molecule has 0 spiro atoms. The van der Waals surface area contributed by atoms with E-state index >= 15 is 0 Å². The van der Waals surface area contributed by atoms with Crippen molar-refractivity contribution in [2.45, 2.75) is 12.8 Å². The zero-order chi connectivity index (χ0) is 14.8. The average Bonchev–Trinajstić information content (AvgIpc) is 2.63. The summed E-state index contributed by atoms with van der Waals surface area (Å²) in [5.41, 5.74) is 4.23. The first-order valence-corrected chi connectivity index (χ1v) is 6.82. The van der Waals surface area contributed by atoms with Crippen LogP contribution in [-0.2, 0) is 17.6 Å². The first kappa shape index (κ1) is 13.3. The molecule has 1 aliphatic carbocycles. The monoisotopic (exact) mass is 278 g/mol. The molecule has 0 saturated heterocycles. The lowest BCUT2D eigenvalue weighted by atomic mass is 9.97. The van der Waals surface area contributed by atoms with Crippen molar-refractivity contribution < 1.29 is 14.7 Å². The Morgan fingerprint density at radius 3 is 2.48 bits per heavy atom. The van der Waals surface area contributed by atoms with Crippen LogP contribution in [0.4, 0.5) is 0 Å². The van der Waals surface area contributed by atoms with E-state index < -0.39 is 5.97 Å². The quantitative estimate of drug-likeness (QED) is 0.859. The topological polar surface area (TPSA) is 54.4 Å². The van der Waals surface area contributed by atoms with Crippen molar-refractivity contribution in [2.75, 3.05) is 0 Å². The van der Waals surface area contributed by atoms with Gasteiger partial charge in [-0.15, -0.1) is 0 Å². The summed E-state index contributed by atoms with van der Waals surface area (Å²) in [6, 6.07) is 13.2. The minimum atomic E-state index is -0.999. The number of aryl methyl sites for hydroxylation is 2. The van der Waals surface area contributed by atoms with Gasteiger partial charge in [-0.3, -0.25) is 4.79 Å². The van der Waals surface area contributed by atoms with Gasteiger partial charge in [-0.1, -0.05) is 36.4 Å². The van der Waals surface area contributed by atoms with Crippen LogP contribution in [0.3, 0.4) is 0 Å². The maximum absolute atomic E-state index is 12.7. The van der Waals surface area contributed by atoms with Gasteiger partial charge in [0.25, 0.3) is 0 Å². The van der Waals surface area contributed by atoms with E-state index in [4.69, 9.17) is 5.11 Å². The lowest BCUT2D eigenvalue weighted by Gasteiger charge is -2.06. The fourth-order valence-electron chi connectivity index (χ4n) is 2.67. The van der Waals surface area contributed by atoms with Crippen LogP contribution < -0.4 is 0 Å². The Balaban J connectivity index is 2.06. The van der Waals surface area contributed by atoms with Gasteiger partial charge in [-0.2, -0.15) is 0 Å². The molecule has 2 aromatic carbocycles. The Bertz CT molecular complexity index is 757. The molecular weight excluding hydrogens is 264 g/mol. The van der Waals surface area contributed by atoms with E-state index in [1.165, 1.54) is 6.08 Å². The van der Waals surface area contributed by atoms with Crippen LogP contribution in [0.5, 0.6) is 0 Å². The molecule has 2 aromatic rings. The number of aliphatic carboxylic acids is 1. The molecule has 1 aliphatic rings. The van der Waals surface area contributed by atoms with Crippen molar-refractivity contribution >= 4 is 17.8 Å². The number of benzene rings is 2. The summed E-state index contributed by atoms with van der Waals surface area (Å²) in [7, 11) is 0. The summed E-state index contributed by atoms with van der Waals surface area (Å²) < 4.78 is 0. The summed E-state index contributed by atoms with van der Waals surface area (Å²) in [5, 5.41) is 8.69. The van der Waals surface area contributed by atoms with Gasteiger partial charge in [0.1, 0.15) is 0 Å². The first-order valence-electron chi connectivity index (χ1n) is 6.82. The van der Waals surface area contributed by atoms with Crippen molar-refractivity contribution in [3.05, 3.63) is 76.4 Å². The normalized spacial score (nSPS) is 13.6. The fourth-order valence-corrected chi connectivity index (χ4v) is 2.67. The van der Waals surface area contributed by atoms with Gasteiger partial charge in [-0.25, -0.2) is 4.79 Å². The van der Waals surface area contributed by atoms with Crippen LogP contribution in [0.15, 0.2) is 48.5 Å². The van der Waals surface area contributed by atoms with Crippen LogP contribution in [0, 0.1) is 0 Å². The summed E-state index contributed by atoms with van der Waals surface area (Å²) in [6.07, 6.45) is 4.25. The number of carboxylic acids is 1. The van der Waals surface area contributed by atoms with Crippen LogP contribution in [0.2, 0.25) is 0 Å². The molecule has 0 fully saturated rings. The van der Waals surface area contributed by atoms with Gasteiger partial charge < -0.3 is 5.11 Å². The molecule has 0 unspecified atom stereocenters. The highest BCUT2D eigenvalue weighted by Crippen LogP contribution is 2.25. The maximum Gasteiger partial charge on any atom is 0.328 e. The molecule has 104 valence electrons. The third kappa shape index (κ3) is 2.63. The molecule has 0 radical (unpaired) electrons. The Kier molecular flexibility index (Phi) is 3.40. The van der Waals surface area contributed by atoms with Crippen molar-refractivity contribution in [2.24, 2.45) is 0 Å². The molecule has 3 nitrogen and oxygen atoms in total. The average molecular weight is 278 g/mol. The highest BCUT2D eigenvalue weighted by Gasteiger charge is 2.20. The summed E-state index contributed by atoms with van der Waals surface area (Å²) in [6.45, 7) is 0. The Labute approximate surface area is 122 Å².